The Hall–Kier alpha value is -1.91. The van der Waals surface area contributed by atoms with Crippen LogP contribution < -0.4 is 10.9 Å². The average molecular weight is 324 g/mol. The van der Waals surface area contributed by atoms with E-state index in [2.05, 4.69) is 36.5 Å². The quantitative estimate of drug-likeness (QED) is 0.774. The molecular weight excluding hydrogens is 304 g/mol. The van der Waals surface area contributed by atoms with Gasteiger partial charge in [0.05, 0.1) is 0 Å². The Morgan fingerprint density at radius 1 is 1.09 bits per heavy atom. The number of nitrogens with one attached hydrogen (secondary N) is 1. The monoisotopic (exact) mass is 324 g/mol. The highest BCUT2D eigenvalue weighted by molar-refractivity contribution is 7.19. The summed E-state index contributed by atoms with van der Waals surface area (Å²) in [5, 5.41) is 4.59. The van der Waals surface area contributed by atoms with Gasteiger partial charge in [-0.3, -0.25) is 9.36 Å². The lowest BCUT2D eigenvalue weighted by molar-refractivity contribution is 0.370. The maximum Gasteiger partial charge on any atom is 0.251 e. The molecule has 0 saturated carbocycles. The lowest BCUT2D eigenvalue weighted by atomic mass is 10.0. The summed E-state index contributed by atoms with van der Waals surface area (Å²) in [5.41, 5.74) is 2.63. The van der Waals surface area contributed by atoms with Gasteiger partial charge >= 0.3 is 0 Å². The number of hydrogen-bond acceptors (Lipinski definition) is 3. The van der Waals surface area contributed by atoms with Crippen LogP contribution in [0.1, 0.15) is 23.8 Å². The Kier molecular flexibility index (Phi) is 3.79. The molecule has 4 rings (SSSR count). The molecule has 0 radical (unpaired) electrons. The van der Waals surface area contributed by atoms with Crippen molar-refractivity contribution >= 4 is 21.6 Å². The zero-order valence-corrected chi connectivity index (χ0v) is 14.0. The van der Waals surface area contributed by atoms with E-state index in [0.29, 0.717) is 6.04 Å². The molecule has 3 nitrogen and oxygen atoms in total. The summed E-state index contributed by atoms with van der Waals surface area (Å²) in [5.74, 6) is 0. The van der Waals surface area contributed by atoms with Crippen LogP contribution in [0.3, 0.4) is 0 Å². The Balaban J connectivity index is 1.95. The third-order valence-corrected chi connectivity index (χ3v) is 5.81. The van der Waals surface area contributed by atoms with Crippen molar-refractivity contribution in [1.82, 2.24) is 9.88 Å². The van der Waals surface area contributed by atoms with Crippen molar-refractivity contribution in [1.29, 1.82) is 0 Å². The molecule has 3 aromatic rings. The molecule has 0 spiro atoms. The molecule has 1 aliphatic rings. The molecule has 0 bridgehead atoms. The number of nitrogens with zero attached hydrogens (tertiary/aromatic N) is 1. The van der Waals surface area contributed by atoms with E-state index in [1.807, 2.05) is 16.7 Å². The molecule has 0 unspecified atom stereocenters. The van der Waals surface area contributed by atoms with Crippen molar-refractivity contribution < 1.29 is 0 Å². The minimum Gasteiger partial charge on any atom is -0.317 e. The molecule has 1 aliphatic heterocycles. The lowest BCUT2D eigenvalue weighted by Crippen LogP contribution is -2.33. The highest BCUT2D eigenvalue weighted by Gasteiger charge is 2.21. The lowest BCUT2D eigenvalue weighted by Gasteiger charge is -2.25. The third kappa shape index (κ3) is 2.52. The van der Waals surface area contributed by atoms with Gasteiger partial charge in [-0.2, -0.15) is 0 Å². The molecule has 0 aliphatic carbocycles. The molecule has 1 N–H and O–H groups in total. The number of benzene rings is 1. The molecule has 1 saturated heterocycles. The van der Waals surface area contributed by atoms with E-state index in [-0.39, 0.29) is 5.56 Å². The number of piperidine rings is 1. The van der Waals surface area contributed by atoms with Crippen molar-refractivity contribution in [3.8, 4) is 11.1 Å². The molecule has 1 fully saturated rings. The number of hydrogen-bond donors (Lipinski definition) is 1. The van der Waals surface area contributed by atoms with E-state index in [1.54, 1.807) is 17.4 Å². The largest absolute Gasteiger partial charge is 0.317 e. The summed E-state index contributed by atoms with van der Waals surface area (Å²) in [6.45, 7) is 4.14. The number of aromatic nitrogens is 1. The number of fused-ring (bicyclic) bond motifs is 1. The minimum atomic E-state index is 0.130. The van der Waals surface area contributed by atoms with Gasteiger partial charge in [0, 0.05) is 27.9 Å². The molecule has 2 aromatic heterocycles. The predicted molar refractivity (Wildman–Crippen MR) is 97.4 cm³/mol. The van der Waals surface area contributed by atoms with Gasteiger partial charge in [0.15, 0.2) is 0 Å². The zero-order chi connectivity index (χ0) is 15.8. The van der Waals surface area contributed by atoms with Gasteiger partial charge in [-0.1, -0.05) is 30.3 Å². The molecule has 118 valence electrons. The maximum absolute atomic E-state index is 12.5. The van der Waals surface area contributed by atoms with Gasteiger partial charge in [-0.05, 0) is 44.5 Å². The van der Waals surface area contributed by atoms with Gasteiger partial charge in [0.25, 0.3) is 5.56 Å². The summed E-state index contributed by atoms with van der Waals surface area (Å²) >= 11 is 1.75. The minimum absolute atomic E-state index is 0.130. The van der Waals surface area contributed by atoms with Crippen LogP contribution in [0.4, 0.5) is 0 Å². The van der Waals surface area contributed by atoms with Crippen molar-refractivity contribution in [2.45, 2.75) is 25.8 Å². The second kappa shape index (κ2) is 5.95. The summed E-state index contributed by atoms with van der Waals surface area (Å²) in [7, 11) is 0. The van der Waals surface area contributed by atoms with Crippen molar-refractivity contribution in [2.24, 2.45) is 0 Å². The van der Waals surface area contributed by atoms with E-state index in [0.717, 1.165) is 30.8 Å². The first-order chi connectivity index (χ1) is 11.3. The Morgan fingerprint density at radius 2 is 1.83 bits per heavy atom. The summed E-state index contributed by atoms with van der Waals surface area (Å²) < 4.78 is 2.04. The predicted octanol–water partition coefficient (Wildman–Crippen LogP) is 3.96. The van der Waals surface area contributed by atoms with Gasteiger partial charge in [-0.15, -0.1) is 11.3 Å². The number of aryl methyl sites for hydroxylation is 1. The van der Waals surface area contributed by atoms with Crippen molar-refractivity contribution in [2.75, 3.05) is 13.1 Å². The third-order valence-electron chi connectivity index (χ3n) is 4.69. The smallest absolute Gasteiger partial charge is 0.251 e. The molecule has 0 amide bonds. The second-order valence-electron chi connectivity index (χ2n) is 6.14. The maximum atomic E-state index is 12.5. The van der Waals surface area contributed by atoms with E-state index in [9.17, 15) is 4.79 Å². The number of rotatable bonds is 2. The van der Waals surface area contributed by atoms with E-state index in [1.165, 1.54) is 21.4 Å². The Bertz CT molecular complexity index is 889. The highest BCUT2D eigenvalue weighted by atomic mass is 32.1. The van der Waals surface area contributed by atoms with Gasteiger partial charge < -0.3 is 5.32 Å². The summed E-state index contributed by atoms with van der Waals surface area (Å²) in [4.78, 5) is 14.9. The van der Waals surface area contributed by atoms with Crippen LogP contribution in [-0.4, -0.2) is 17.7 Å². The molecule has 4 heteroatoms. The van der Waals surface area contributed by atoms with Crippen LogP contribution >= 0.6 is 11.3 Å². The highest BCUT2D eigenvalue weighted by Crippen LogP contribution is 2.38. The summed E-state index contributed by atoms with van der Waals surface area (Å²) in [6.07, 6.45) is 2.05. The van der Waals surface area contributed by atoms with Crippen LogP contribution in [0.25, 0.3) is 21.3 Å². The van der Waals surface area contributed by atoms with Crippen LogP contribution in [0.5, 0.6) is 0 Å². The normalized spacial score (nSPS) is 16.0. The average Bonchev–Trinajstić information content (AvgIpc) is 2.92. The van der Waals surface area contributed by atoms with Crippen LogP contribution in [-0.2, 0) is 0 Å². The van der Waals surface area contributed by atoms with Gasteiger partial charge in [0.1, 0.15) is 4.83 Å². The topological polar surface area (TPSA) is 34.0 Å². The summed E-state index contributed by atoms with van der Waals surface area (Å²) in [6, 6.07) is 14.5. The van der Waals surface area contributed by atoms with Crippen LogP contribution in [0.15, 0.2) is 47.3 Å². The fourth-order valence-electron chi connectivity index (χ4n) is 3.59. The second-order valence-corrected chi connectivity index (χ2v) is 7.34. The van der Waals surface area contributed by atoms with Crippen LogP contribution in [0.2, 0.25) is 0 Å². The zero-order valence-electron chi connectivity index (χ0n) is 13.2. The van der Waals surface area contributed by atoms with Crippen molar-refractivity contribution in [3.63, 3.8) is 0 Å². The van der Waals surface area contributed by atoms with Crippen LogP contribution in [0, 0.1) is 6.92 Å². The molecule has 1 aromatic carbocycles. The SMILES string of the molecule is Cc1sc2c(ccc(=O)n2C2CCNCC2)c1-c1ccccc1. The number of pyridine rings is 1. The number of thiophene rings is 1. The van der Waals surface area contributed by atoms with E-state index >= 15 is 0 Å². The molecule has 3 heterocycles. The fraction of sp³-hybridized carbons (Fsp3) is 0.316. The standard InChI is InChI=1S/C19H20N2OS/c1-13-18(14-5-3-2-4-6-14)16-7-8-17(22)21(19(16)23-13)15-9-11-20-12-10-15/h2-8,15,20H,9-12H2,1H3. The first kappa shape index (κ1) is 14.7. The fourth-order valence-corrected chi connectivity index (χ4v) is 4.83. The Morgan fingerprint density at radius 3 is 2.57 bits per heavy atom. The van der Waals surface area contributed by atoms with Crippen molar-refractivity contribution in [3.05, 3.63) is 57.7 Å². The Labute approximate surface area is 139 Å². The van der Waals surface area contributed by atoms with E-state index in [4.69, 9.17) is 0 Å². The molecular formula is C19H20N2OS. The molecule has 23 heavy (non-hydrogen) atoms. The first-order valence-electron chi connectivity index (χ1n) is 8.16. The van der Waals surface area contributed by atoms with E-state index < -0.39 is 0 Å². The van der Waals surface area contributed by atoms with Gasteiger partial charge in [0.2, 0.25) is 0 Å². The van der Waals surface area contributed by atoms with Gasteiger partial charge in [-0.25, -0.2) is 0 Å². The molecule has 0 atom stereocenters. The first-order valence-corrected chi connectivity index (χ1v) is 8.98.